The molecule has 0 heterocycles. The van der Waals surface area contributed by atoms with Gasteiger partial charge in [-0.1, -0.05) is 0 Å². The largest absolute Gasteiger partial charge is 0.508 e. The monoisotopic (exact) mass is 183 g/mol. The van der Waals surface area contributed by atoms with E-state index in [1.54, 1.807) is 0 Å². The fraction of sp³-hybridized carbons (Fsp3) is 0.333. The fourth-order valence-electron chi connectivity index (χ4n) is 1.11. The highest BCUT2D eigenvalue weighted by Crippen LogP contribution is 2.26. The van der Waals surface area contributed by atoms with Crippen LogP contribution in [0.1, 0.15) is 11.6 Å². The summed E-state index contributed by atoms with van der Waals surface area (Å²) in [6.45, 7) is 0.303. The Morgan fingerprint density at radius 1 is 1.46 bits per heavy atom. The van der Waals surface area contributed by atoms with Crippen molar-refractivity contribution in [1.29, 1.82) is 0 Å². The molecular weight excluding hydrogens is 170 g/mol. The number of hydrogen-bond acceptors (Lipinski definition) is 4. The van der Waals surface area contributed by atoms with Crippen LogP contribution < -0.4 is 5.73 Å². The Hall–Kier alpha value is -1.26. The molecule has 0 bridgehead atoms. The van der Waals surface area contributed by atoms with Crippen molar-refractivity contribution in [3.05, 3.63) is 23.8 Å². The lowest BCUT2D eigenvalue weighted by atomic mass is 10.1. The molecule has 0 aliphatic heterocycles. The van der Waals surface area contributed by atoms with Gasteiger partial charge in [-0.25, -0.2) is 0 Å². The van der Waals surface area contributed by atoms with Gasteiger partial charge >= 0.3 is 0 Å². The number of rotatable bonds is 3. The van der Waals surface area contributed by atoms with Crippen LogP contribution in [0.3, 0.4) is 0 Å². The average Bonchev–Trinajstić information content (AvgIpc) is 2.09. The maximum atomic E-state index is 9.39. The van der Waals surface area contributed by atoms with Gasteiger partial charge in [-0.2, -0.15) is 0 Å². The first-order valence-corrected chi connectivity index (χ1v) is 3.91. The van der Waals surface area contributed by atoms with Crippen molar-refractivity contribution >= 4 is 0 Å². The third-order valence-corrected chi connectivity index (χ3v) is 1.76. The summed E-state index contributed by atoms with van der Waals surface area (Å²) in [6, 6.07) is 3.81. The van der Waals surface area contributed by atoms with E-state index < -0.39 is 6.04 Å². The summed E-state index contributed by atoms with van der Waals surface area (Å²) < 4.78 is 4.84. The number of phenolic OH excluding ortho intramolecular Hbond substituents is 2. The van der Waals surface area contributed by atoms with E-state index in [9.17, 15) is 5.11 Å². The molecule has 1 rings (SSSR count). The molecule has 0 saturated carbocycles. The molecule has 0 amide bonds. The van der Waals surface area contributed by atoms with Gasteiger partial charge in [-0.05, 0) is 18.2 Å². The van der Waals surface area contributed by atoms with Crippen LogP contribution in [0.25, 0.3) is 0 Å². The fourth-order valence-corrected chi connectivity index (χ4v) is 1.11. The number of hydrogen-bond donors (Lipinski definition) is 3. The molecule has 13 heavy (non-hydrogen) atoms. The molecule has 72 valence electrons. The highest BCUT2D eigenvalue weighted by atomic mass is 16.5. The van der Waals surface area contributed by atoms with Crippen LogP contribution in [-0.4, -0.2) is 23.9 Å². The van der Waals surface area contributed by atoms with E-state index in [-0.39, 0.29) is 11.5 Å². The van der Waals surface area contributed by atoms with Gasteiger partial charge in [0.2, 0.25) is 0 Å². The van der Waals surface area contributed by atoms with Crippen LogP contribution in [0.15, 0.2) is 18.2 Å². The van der Waals surface area contributed by atoms with Crippen molar-refractivity contribution in [1.82, 2.24) is 0 Å². The van der Waals surface area contributed by atoms with E-state index in [0.717, 1.165) is 0 Å². The van der Waals surface area contributed by atoms with E-state index in [1.807, 2.05) is 0 Å². The number of aromatic hydroxyl groups is 2. The molecule has 4 heteroatoms. The Morgan fingerprint density at radius 3 is 2.77 bits per heavy atom. The Morgan fingerprint density at radius 2 is 2.15 bits per heavy atom. The SMILES string of the molecule is COCC(N)c1cc(O)ccc1O. The van der Waals surface area contributed by atoms with E-state index in [0.29, 0.717) is 12.2 Å². The quantitative estimate of drug-likeness (QED) is 0.604. The minimum atomic E-state index is -0.419. The van der Waals surface area contributed by atoms with Crippen molar-refractivity contribution in [3.8, 4) is 11.5 Å². The van der Waals surface area contributed by atoms with Gasteiger partial charge in [-0.3, -0.25) is 0 Å². The zero-order chi connectivity index (χ0) is 9.84. The molecule has 1 aromatic rings. The van der Waals surface area contributed by atoms with Crippen LogP contribution in [-0.2, 0) is 4.74 Å². The summed E-state index contributed by atoms with van der Waals surface area (Å²) in [6.07, 6.45) is 0. The molecule has 4 N–H and O–H groups in total. The summed E-state index contributed by atoms with van der Waals surface area (Å²) in [5, 5.41) is 18.5. The summed E-state index contributed by atoms with van der Waals surface area (Å²) in [7, 11) is 1.53. The van der Waals surface area contributed by atoms with Gasteiger partial charge in [0.05, 0.1) is 12.6 Å². The Bertz CT molecular complexity index is 288. The molecule has 0 fully saturated rings. The van der Waals surface area contributed by atoms with Crippen molar-refractivity contribution < 1.29 is 14.9 Å². The summed E-state index contributed by atoms with van der Waals surface area (Å²) in [5.41, 5.74) is 6.17. The molecule has 0 aliphatic rings. The van der Waals surface area contributed by atoms with Crippen molar-refractivity contribution in [2.24, 2.45) is 5.73 Å². The van der Waals surface area contributed by atoms with Gasteiger partial charge in [-0.15, -0.1) is 0 Å². The Kier molecular flexibility index (Phi) is 3.11. The number of phenols is 2. The van der Waals surface area contributed by atoms with Crippen LogP contribution in [0, 0.1) is 0 Å². The lowest BCUT2D eigenvalue weighted by molar-refractivity contribution is 0.179. The first-order valence-electron chi connectivity index (χ1n) is 3.91. The number of ether oxygens (including phenoxy) is 1. The predicted octanol–water partition coefficient (Wildman–Crippen LogP) is 0.744. The maximum absolute atomic E-state index is 9.39. The van der Waals surface area contributed by atoms with Crippen molar-refractivity contribution in [3.63, 3.8) is 0 Å². The third kappa shape index (κ3) is 2.34. The van der Waals surface area contributed by atoms with Crippen molar-refractivity contribution in [2.45, 2.75) is 6.04 Å². The van der Waals surface area contributed by atoms with Gasteiger partial charge in [0.15, 0.2) is 0 Å². The van der Waals surface area contributed by atoms with Gasteiger partial charge < -0.3 is 20.7 Å². The zero-order valence-electron chi connectivity index (χ0n) is 7.40. The van der Waals surface area contributed by atoms with E-state index >= 15 is 0 Å². The van der Waals surface area contributed by atoms with Gasteiger partial charge in [0.1, 0.15) is 11.5 Å². The Labute approximate surface area is 76.6 Å². The highest BCUT2D eigenvalue weighted by Gasteiger charge is 2.10. The van der Waals surface area contributed by atoms with Crippen LogP contribution in [0.4, 0.5) is 0 Å². The summed E-state index contributed by atoms with van der Waals surface area (Å²) >= 11 is 0. The lowest BCUT2D eigenvalue weighted by Crippen LogP contribution is -2.16. The Balaban J connectivity index is 2.91. The van der Waals surface area contributed by atoms with E-state index in [2.05, 4.69) is 0 Å². The highest BCUT2D eigenvalue weighted by molar-refractivity contribution is 5.40. The van der Waals surface area contributed by atoms with Crippen LogP contribution in [0.2, 0.25) is 0 Å². The van der Waals surface area contributed by atoms with Crippen molar-refractivity contribution in [2.75, 3.05) is 13.7 Å². The minimum absolute atomic E-state index is 0.0716. The molecule has 0 saturated heterocycles. The molecule has 1 aromatic carbocycles. The second-order valence-corrected chi connectivity index (χ2v) is 2.80. The number of methoxy groups -OCH3 is 1. The van der Waals surface area contributed by atoms with Crippen LogP contribution in [0.5, 0.6) is 11.5 Å². The maximum Gasteiger partial charge on any atom is 0.120 e. The normalized spacial score (nSPS) is 12.8. The first kappa shape index (κ1) is 9.83. The standard InChI is InChI=1S/C9H13NO3/c1-13-5-8(10)7-4-6(11)2-3-9(7)12/h2-4,8,11-12H,5,10H2,1H3. The van der Waals surface area contributed by atoms with Gasteiger partial charge in [0, 0.05) is 12.7 Å². The molecule has 1 unspecified atom stereocenters. The molecular formula is C9H13NO3. The van der Waals surface area contributed by atoms with E-state index in [1.165, 1.54) is 25.3 Å². The number of nitrogens with two attached hydrogens (primary N) is 1. The number of benzene rings is 1. The average molecular weight is 183 g/mol. The lowest BCUT2D eigenvalue weighted by Gasteiger charge is -2.12. The third-order valence-electron chi connectivity index (χ3n) is 1.76. The molecule has 0 aliphatic carbocycles. The first-order chi connectivity index (χ1) is 6.15. The molecule has 0 spiro atoms. The molecule has 0 aromatic heterocycles. The summed E-state index contributed by atoms with van der Waals surface area (Å²) in [5.74, 6) is 0.154. The predicted molar refractivity (Wildman–Crippen MR) is 48.6 cm³/mol. The molecule has 4 nitrogen and oxygen atoms in total. The summed E-state index contributed by atoms with van der Waals surface area (Å²) in [4.78, 5) is 0. The van der Waals surface area contributed by atoms with Gasteiger partial charge in [0.25, 0.3) is 0 Å². The smallest absolute Gasteiger partial charge is 0.120 e. The second kappa shape index (κ2) is 4.11. The minimum Gasteiger partial charge on any atom is -0.508 e. The van der Waals surface area contributed by atoms with Crippen LogP contribution >= 0.6 is 0 Å². The topological polar surface area (TPSA) is 75.7 Å². The van der Waals surface area contributed by atoms with E-state index in [4.69, 9.17) is 15.6 Å². The molecule has 0 radical (unpaired) electrons. The zero-order valence-corrected chi connectivity index (χ0v) is 7.40. The second-order valence-electron chi connectivity index (χ2n) is 2.80. The molecule has 1 atom stereocenters.